The fraction of sp³-hybridized carbons (Fsp3) is 0.429. The molecule has 0 amide bonds. The summed E-state index contributed by atoms with van der Waals surface area (Å²) in [6.45, 7) is 2.58. The molecular weight excluding hydrogens is 333 g/mol. The molecule has 0 aliphatic carbocycles. The molecule has 0 radical (unpaired) electrons. The number of methoxy groups -OCH3 is 1. The van der Waals surface area contributed by atoms with Gasteiger partial charge in [0.2, 0.25) is 0 Å². The minimum absolute atomic E-state index is 0.386. The molecule has 5 atom stereocenters. The van der Waals surface area contributed by atoms with Crippen molar-refractivity contribution in [3.63, 3.8) is 0 Å². The van der Waals surface area contributed by atoms with E-state index in [0.29, 0.717) is 13.2 Å². The third-order valence-corrected chi connectivity index (χ3v) is 4.56. The normalized spacial score (nSPS) is 28.8. The van der Waals surface area contributed by atoms with Gasteiger partial charge in [0, 0.05) is 7.11 Å². The van der Waals surface area contributed by atoms with Gasteiger partial charge in [-0.1, -0.05) is 60.7 Å². The second-order valence-corrected chi connectivity index (χ2v) is 6.46. The highest BCUT2D eigenvalue weighted by Gasteiger charge is 2.45. The van der Waals surface area contributed by atoms with Gasteiger partial charge >= 0.3 is 0 Å². The second kappa shape index (κ2) is 9.26. The zero-order valence-electron chi connectivity index (χ0n) is 15.2. The number of ether oxygens (including phenoxy) is 4. The largest absolute Gasteiger partial charge is 0.388 e. The van der Waals surface area contributed by atoms with Gasteiger partial charge in [-0.15, -0.1) is 0 Å². The summed E-state index contributed by atoms with van der Waals surface area (Å²) in [5.41, 5.74) is 2.08. The lowest BCUT2D eigenvalue weighted by atomic mass is 10.0. The van der Waals surface area contributed by atoms with Crippen LogP contribution in [0.2, 0.25) is 0 Å². The molecule has 2 aromatic carbocycles. The highest BCUT2D eigenvalue weighted by molar-refractivity contribution is 5.14. The number of aliphatic hydroxyl groups excluding tert-OH is 1. The molecule has 26 heavy (non-hydrogen) atoms. The van der Waals surface area contributed by atoms with E-state index < -0.39 is 30.7 Å². The molecule has 3 rings (SSSR count). The molecule has 1 saturated heterocycles. The van der Waals surface area contributed by atoms with Crippen LogP contribution in [-0.4, -0.2) is 42.9 Å². The summed E-state index contributed by atoms with van der Waals surface area (Å²) in [4.78, 5) is 0. The van der Waals surface area contributed by atoms with Gasteiger partial charge in [-0.05, 0) is 18.1 Å². The van der Waals surface area contributed by atoms with Crippen molar-refractivity contribution >= 4 is 0 Å². The fourth-order valence-electron chi connectivity index (χ4n) is 3.08. The van der Waals surface area contributed by atoms with Crippen LogP contribution in [0.4, 0.5) is 0 Å². The Bertz CT molecular complexity index is 604. The van der Waals surface area contributed by atoms with Crippen LogP contribution in [0.3, 0.4) is 0 Å². The Morgan fingerprint density at radius 3 is 1.85 bits per heavy atom. The van der Waals surface area contributed by atoms with Gasteiger partial charge < -0.3 is 24.1 Å². The van der Waals surface area contributed by atoms with Crippen molar-refractivity contribution in [2.45, 2.75) is 50.8 Å². The summed E-state index contributed by atoms with van der Waals surface area (Å²) >= 11 is 0. The Morgan fingerprint density at radius 1 is 0.846 bits per heavy atom. The summed E-state index contributed by atoms with van der Waals surface area (Å²) in [7, 11) is 1.57. The Morgan fingerprint density at radius 2 is 1.35 bits per heavy atom. The zero-order valence-corrected chi connectivity index (χ0v) is 15.2. The maximum Gasteiger partial charge on any atom is 0.186 e. The molecule has 0 unspecified atom stereocenters. The molecule has 1 heterocycles. The molecule has 0 saturated carbocycles. The lowest BCUT2D eigenvalue weighted by Gasteiger charge is -2.42. The maximum absolute atomic E-state index is 10.6. The molecule has 0 spiro atoms. The van der Waals surface area contributed by atoms with Crippen LogP contribution in [0.15, 0.2) is 60.7 Å². The SMILES string of the molecule is CO[C@H]1O[C@@H]([13CH3])[C@H](O)[C@H](OCc2ccccc2)[C@H]1OCc1ccccc1. The molecule has 1 aliphatic rings. The van der Waals surface area contributed by atoms with Crippen LogP contribution in [0, 0.1) is 0 Å². The minimum Gasteiger partial charge on any atom is -0.388 e. The van der Waals surface area contributed by atoms with Crippen LogP contribution >= 0.6 is 0 Å². The molecule has 2 aromatic rings. The van der Waals surface area contributed by atoms with Gasteiger partial charge in [0.1, 0.15) is 18.3 Å². The number of rotatable bonds is 7. The number of hydrogen-bond donors (Lipinski definition) is 1. The predicted octanol–water partition coefficient (Wildman–Crippen LogP) is 2.91. The van der Waals surface area contributed by atoms with Gasteiger partial charge in [-0.25, -0.2) is 0 Å². The van der Waals surface area contributed by atoms with E-state index in [2.05, 4.69) is 0 Å². The third-order valence-electron chi connectivity index (χ3n) is 4.56. The van der Waals surface area contributed by atoms with Crippen molar-refractivity contribution in [2.24, 2.45) is 0 Å². The minimum atomic E-state index is -0.800. The van der Waals surface area contributed by atoms with Crippen molar-refractivity contribution in [1.29, 1.82) is 0 Å². The highest BCUT2D eigenvalue weighted by Crippen LogP contribution is 2.27. The first-order chi connectivity index (χ1) is 12.7. The van der Waals surface area contributed by atoms with Crippen LogP contribution in [0.1, 0.15) is 18.1 Å². The van der Waals surface area contributed by atoms with Crippen molar-refractivity contribution in [3.05, 3.63) is 71.8 Å². The first-order valence-corrected chi connectivity index (χ1v) is 8.86. The maximum atomic E-state index is 10.6. The average Bonchev–Trinajstić information content (AvgIpc) is 2.69. The topological polar surface area (TPSA) is 57.2 Å². The summed E-state index contributed by atoms with van der Waals surface area (Å²) in [5.74, 6) is 0. The van der Waals surface area contributed by atoms with Gasteiger partial charge in [-0.3, -0.25) is 0 Å². The van der Waals surface area contributed by atoms with Gasteiger partial charge in [-0.2, -0.15) is 0 Å². The average molecular weight is 359 g/mol. The smallest absolute Gasteiger partial charge is 0.186 e. The number of benzene rings is 2. The highest BCUT2D eigenvalue weighted by atomic mass is 16.7. The number of aliphatic hydroxyl groups is 1. The fourth-order valence-corrected chi connectivity index (χ4v) is 3.08. The van der Waals surface area contributed by atoms with E-state index in [1.165, 1.54) is 0 Å². The van der Waals surface area contributed by atoms with E-state index in [0.717, 1.165) is 11.1 Å². The standard InChI is InChI=1S/C21H26O5/c1-15-18(22)19(24-13-16-9-5-3-6-10-16)20(21(23-2)26-15)25-14-17-11-7-4-8-12-17/h3-12,15,18-22H,13-14H2,1-2H3/t15-,18-,19-,20+,21-/m0/s1/i1+1. The van der Waals surface area contributed by atoms with Crippen molar-refractivity contribution in [2.75, 3.05) is 7.11 Å². The summed E-state index contributed by atoms with van der Waals surface area (Å²) < 4.78 is 23.3. The molecule has 0 aromatic heterocycles. The Balaban J connectivity index is 1.71. The molecule has 1 aliphatic heterocycles. The molecule has 5 heteroatoms. The van der Waals surface area contributed by atoms with Crippen LogP contribution in [-0.2, 0) is 32.2 Å². The van der Waals surface area contributed by atoms with E-state index in [1.807, 2.05) is 67.6 Å². The second-order valence-electron chi connectivity index (χ2n) is 6.46. The quantitative estimate of drug-likeness (QED) is 0.771. The van der Waals surface area contributed by atoms with Crippen molar-refractivity contribution < 1.29 is 24.1 Å². The van der Waals surface area contributed by atoms with Gasteiger partial charge in [0.25, 0.3) is 0 Å². The monoisotopic (exact) mass is 359 g/mol. The molecule has 1 N–H and O–H groups in total. The van der Waals surface area contributed by atoms with E-state index in [-0.39, 0.29) is 0 Å². The van der Waals surface area contributed by atoms with E-state index in [9.17, 15) is 5.11 Å². The molecular formula is C21H26O5. The predicted molar refractivity (Wildman–Crippen MR) is 97.4 cm³/mol. The third kappa shape index (κ3) is 4.69. The summed E-state index contributed by atoms with van der Waals surface area (Å²) in [6, 6.07) is 19.7. The molecule has 140 valence electrons. The van der Waals surface area contributed by atoms with E-state index in [1.54, 1.807) is 7.11 Å². The summed E-state index contributed by atoms with van der Waals surface area (Å²) in [6.07, 6.45) is -2.89. The molecule has 0 bridgehead atoms. The number of hydrogen-bond acceptors (Lipinski definition) is 5. The van der Waals surface area contributed by atoms with Gasteiger partial charge in [0.15, 0.2) is 6.29 Å². The van der Waals surface area contributed by atoms with E-state index >= 15 is 0 Å². The first kappa shape index (κ1) is 19.0. The Labute approximate surface area is 154 Å². The zero-order chi connectivity index (χ0) is 18.4. The summed E-state index contributed by atoms with van der Waals surface area (Å²) in [5, 5.41) is 10.6. The van der Waals surface area contributed by atoms with Crippen molar-refractivity contribution in [1.82, 2.24) is 0 Å². The lowest BCUT2D eigenvalue weighted by Crippen LogP contribution is -2.59. The van der Waals surface area contributed by atoms with Crippen molar-refractivity contribution in [3.8, 4) is 0 Å². The molecule has 1 fully saturated rings. The first-order valence-electron chi connectivity index (χ1n) is 8.86. The van der Waals surface area contributed by atoms with E-state index in [4.69, 9.17) is 18.9 Å². The van der Waals surface area contributed by atoms with Crippen LogP contribution in [0.5, 0.6) is 0 Å². The van der Waals surface area contributed by atoms with Gasteiger partial charge in [0.05, 0.1) is 19.3 Å². The van der Waals surface area contributed by atoms with Crippen LogP contribution in [0.25, 0.3) is 0 Å². The molecule has 5 nitrogen and oxygen atoms in total. The Hall–Kier alpha value is -1.76. The van der Waals surface area contributed by atoms with Crippen LogP contribution < -0.4 is 0 Å². The Kier molecular flexibility index (Phi) is 6.77. The lowest BCUT2D eigenvalue weighted by molar-refractivity contribution is -0.307.